The van der Waals surface area contributed by atoms with Crippen LogP contribution in [0.3, 0.4) is 0 Å². The Morgan fingerprint density at radius 1 is 0.882 bits per heavy atom. The molecule has 34 heavy (non-hydrogen) atoms. The van der Waals surface area contributed by atoms with Gasteiger partial charge < -0.3 is 0 Å². The van der Waals surface area contributed by atoms with Gasteiger partial charge in [-0.3, -0.25) is 19.4 Å². The molecule has 3 aromatic rings. The predicted octanol–water partition coefficient (Wildman–Crippen LogP) is 3.90. The van der Waals surface area contributed by atoms with Crippen LogP contribution in [0.4, 0.5) is 10.1 Å². The fraction of sp³-hybridized carbons (Fsp3) is 0.185. The minimum absolute atomic E-state index is 0.272. The molecule has 0 bridgehead atoms. The Morgan fingerprint density at radius 2 is 1.56 bits per heavy atom. The summed E-state index contributed by atoms with van der Waals surface area (Å²) in [7, 11) is 0. The summed E-state index contributed by atoms with van der Waals surface area (Å²) in [6.07, 6.45) is 1.66. The summed E-state index contributed by atoms with van der Waals surface area (Å²) in [5, 5.41) is 6.13. The lowest BCUT2D eigenvalue weighted by Gasteiger charge is -2.33. The molecule has 0 unspecified atom stereocenters. The van der Waals surface area contributed by atoms with Crippen LogP contribution in [0.2, 0.25) is 0 Å². The first-order chi connectivity index (χ1) is 16.5. The monoisotopic (exact) mass is 453 g/mol. The van der Waals surface area contributed by atoms with E-state index in [9.17, 15) is 18.8 Å². The van der Waals surface area contributed by atoms with Gasteiger partial charge in [-0.2, -0.15) is 5.10 Å². The molecule has 0 spiro atoms. The zero-order valence-corrected chi connectivity index (χ0v) is 18.3. The molecular weight excluding hydrogens is 433 g/mol. The minimum atomic E-state index is -0.975. The van der Waals surface area contributed by atoms with Gasteiger partial charge in [0.15, 0.2) is 5.78 Å². The van der Waals surface area contributed by atoms with Gasteiger partial charge in [0.05, 0.1) is 29.8 Å². The van der Waals surface area contributed by atoms with Crippen LogP contribution >= 0.6 is 0 Å². The number of hydrogen-bond acceptors (Lipinski definition) is 5. The van der Waals surface area contributed by atoms with E-state index in [4.69, 9.17) is 0 Å². The van der Waals surface area contributed by atoms with E-state index in [1.54, 1.807) is 23.4 Å². The van der Waals surface area contributed by atoms with Crippen LogP contribution in [0.5, 0.6) is 0 Å². The van der Waals surface area contributed by atoms with E-state index >= 15 is 0 Å². The number of aryl methyl sites for hydroxylation is 1. The zero-order chi connectivity index (χ0) is 23.6. The maximum Gasteiger partial charge on any atom is 0.240 e. The number of rotatable bonds is 3. The van der Waals surface area contributed by atoms with Crippen molar-refractivity contribution in [2.24, 2.45) is 16.9 Å². The van der Waals surface area contributed by atoms with Crippen LogP contribution in [0.25, 0.3) is 0 Å². The number of hydrazone groups is 1. The highest BCUT2D eigenvalue weighted by atomic mass is 19.1. The van der Waals surface area contributed by atoms with Gasteiger partial charge in [0, 0.05) is 5.56 Å². The summed E-state index contributed by atoms with van der Waals surface area (Å²) in [4.78, 5) is 42.4. The maximum atomic E-state index is 13.8. The Hall–Kier alpha value is -4.13. The Balaban J connectivity index is 1.49. The Labute approximate surface area is 195 Å². The predicted molar refractivity (Wildman–Crippen MR) is 124 cm³/mol. The van der Waals surface area contributed by atoms with Crippen LogP contribution in [0.15, 0.2) is 77.9 Å². The highest BCUT2D eigenvalue weighted by Crippen LogP contribution is 2.53. The molecule has 7 heteroatoms. The number of hydrogen-bond donors (Lipinski definition) is 0. The van der Waals surface area contributed by atoms with Crippen LogP contribution in [0, 0.1) is 24.6 Å². The average Bonchev–Trinajstić information content (AvgIpc) is 3.32. The van der Waals surface area contributed by atoms with Gasteiger partial charge in [-0.25, -0.2) is 9.29 Å². The molecule has 3 aliphatic rings. The topological polar surface area (TPSA) is 70.1 Å². The van der Waals surface area contributed by atoms with Crippen molar-refractivity contribution in [1.29, 1.82) is 0 Å². The van der Waals surface area contributed by atoms with Gasteiger partial charge in [0.1, 0.15) is 11.9 Å². The summed E-state index contributed by atoms with van der Waals surface area (Å²) < 4.78 is 13.5. The number of anilines is 1. The molecule has 0 aromatic heterocycles. The van der Waals surface area contributed by atoms with Crippen molar-refractivity contribution in [3.8, 4) is 0 Å². The largest absolute Gasteiger partial charge is 0.292 e. The number of imide groups is 1. The number of halogens is 1. The molecule has 4 atom stereocenters. The fourth-order valence-electron chi connectivity index (χ4n) is 5.40. The second-order valence-electron chi connectivity index (χ2n) is 8.91. The van der Waals surface area contributed by atoms with Crippen molar-refractivity contribution in [3.05, 3.63) is 101 Å². The number of Topliss-reactive ketones (excluding diaryl/α,β-unsaturated/α-hetero) is 1. The first-order valence-corrected chi connectivity index (χ1v) is 11.1. The molecule has 3 heterocycles. The summed E-state index contributed by atoms with van der Waals surface area (Å²) in [6.45, 7) is 1.93. The van der Waals surface area contributed by atoms with E-state index < -0.39 is 35.6 Å². The molecule has 0 radical (unpaired) electrons. The summed E-state index contributed by atoms with van der Waals surface area (Å²) in [5.41, 5.74) is 3.48. The summed E-state index contributed by atoms with van der Waals surface area (Å²) >= 11 is 0. The van der Waals surface area contributed by atoms with E-state index in [2.05, 4.69) is 5.10 Å². The van der Waals surface area contributed by atoms with Gasteiger partial charge in [-0.05, 0) is 54.4 Å². The smallest absolute Gasteiger partial charge is 0.240 e. The first-order valence-electron chi connectivity index (χ1n) is 11.1. The molecule has 2 fully saturated rings. The average molecular weight is 453 g/mol. The number of carbonyl (C=O) groups is 3. The fourth-order valence-corrected chi connectivity index (χ4v) is 5.40. The first kappa shape index (κ1) is 20.5. The number of amides is 2. The zero-order valence-electron chi connectivity index (χ0n) is 18.3. The maximum absolute atomic E-state index is 13.8. The third kappa shape index (κ3) is 2.86. The molecule has 2 saturated heterocycles. The van der Waals surface area contributed by atoms with Gasteiger partial charge in [-0.15, -0.1) is 0 Å². The standard InChI is InChI=1S/C27H20FN3O3/c1-15-6-12-19(13-7-15)30-26(33)21-22(27(30)34)24(25(32)16-8-10-18(28)11-9-16)31-23(21)20-5-3-2-4-17(20)14-29-31/h2-14,21-24H,1H3/t21-,22-,23-,24+/m1/s1. The number of fused-ring (bicyclic) bond motifs is 5. The Morgan fingerprint density at radius 3 is 2.29 bits per heavy atom. The minimum Gasteiger partial charge on any atom is -0.292 e. The van der Waals surface area contributed by atoms with Crippen molar-refractivity contribution >= 4 is 29.5 Å². The number of benzene rings is 3. The van der Waals surface area contributed by atoms with E-state index in [1.807, 2.05) is 43.3 Å². The van der Waals surface area contributed by atoms with E-state index in [1.165, 1.54) is 29.2 Å². The molecule has 2 amide bonds. The van der Waals surface area contributed by atoms with E-state index in [0.717, 1.165) is 16.7 Å². The van der Waals surface area contributed by atoms with Gasteiger partial charge >= 0.3 is 0 Å². The van der Waals surface area contributed by atoms with E-state index in [-0.39, 0.29) is 17.3 Å². The van der Waals surface area contributed by atoms with Crippen LogP contribution in [-0.4, -0.2) is 34.9 Å². The quantitative estimate of drug-likeness (QED) is 0.446. The highest BCUT2D eigenvalue weighted by Gasteiger charge is 2.65. The van der Waals surface area contributed by atoms with E-state index in [0.29, 0.717) is 5.69 Å². The Bertz CT molecular complexity index is 1370. The number of carbonyl (C=O) groups excluding carboxylic acids is 3. The number of nitrogens with zero attached hydrogens (tertiary/aromatic N) is 3. The van der Waals surface area contributed by atoms with Crippen molar-refractivity contribution in [1.82, 2.24) is 5.01 Å². The van der Waals surface area contributed by atoms with Crippen molar-refractivity contribution in [2.75, 3.05) is 4.90 Å². The molecule has 0 saturated carbocycles. The summed E-state index contributed by atoms with van der Waals surface area (Å²) in [6, 6.07) is 18.5. The second kappa shape index (κ2) is 7.45. The van der Waals surface area contributed by atoms with Crippen LogP contribution in [-0.2, 0) is 9.59 Å². The van der Waals surface area contributed by atoms with Crippen molar-refractivity contribution in [2.45, 2.75) is 19.0 Å². The highest BCUT2D eigenvalue weighted by molar-refractivity contribution is 6.24. The molecule has 0 N–H and O–H groups in total. The van der Waals surface area contributed by atoms with Crippen LogP contribution < -0.4 is 4.90 Å². The lowest BCUT2D eigenvalue weighted by Crippen LogP contribution is -2.44. The second-order valence-corrected chi connectivity index (χ2v) is 8.91. The third-order valence-corrected chi connectivity index (χ3v) is 6.98. The number of ketones is 1. The Kier molecular flexibility index (Phi) is 4.49. The molecule has 3 aliphatic heterocycles. The van der Waals surface area contributed by atoms with Crippen LogP contribution in [0.1, 0.15) is 33.1 Å². The third-order valence-electron chi connectivity index (χ3n) is 6.98. The van der Waals surface area contributed by atoms with Crippen molar-refractivity contribution in [3.63, 3.8) is 0 Å². The molecule has 168 valence electrons. The molecule has 6 rings (SSSR count). The molecule has 3 aromatic carbocycles. The summed E-state index contributed by atoms with van der Waals surface area (Å²) in [5.74, 6) is -3.24. The van der Waals surface area contributed by atoms with Gasteiger partial charge in [0.25, 0.3) is 0 Å². The normalized spacial score (nSPS) is 24.8. The lowest BCUT2D eigenvalue weighted by atomic mass is 9.83. The SMILES string of the molecule is Cc1ccc(N2C(=O)[C@@H]3[C@@H](C2=O)[C@H]2c4ccccc4C=NN2[C@@H]3C(=O)c2ccc(F)cc2)cc1. The molecule has 0 aliphatic carbocycles. The lowest BCUT2D eigenvalue weighted by molar-refractivity contribution is -0.124. The molecule has 6 nitrogen and oxygen atoms in total. The van der Waals surface area contributed by atoms with Crippen molar-refractivity contribution < 1.29 is 18.8 Å². The molecular formula is C27H20FN3O3. The van der Waals surface area contributed by atoms with Gasteiger partial charge in [0.2, 0.25) is 11.8 Å². The van der Waals surface area contributed by atoms with Gasteiger partial charge in [-0.1, -0.05) is 42.0 Å².